The van der Waals surface area contributed by atoms with Crippen LogP contribution in [0.25, 0.3) is 0 Å². The van der Waals surface area contributed by atoms with Gasteiger partial charge in [-0.15, -0.1) is 0 Å². The van der Waals surface area contributed by atoms with Crippen molar-refractivity contribution >= 4 is 37.4 Å². The van der Waals surface area contributed by atoms with Crippen LogP contribution < -0.4 is 20.7 Å². The number of hydrogen-bond donors (Lipinski definition) is 0. The summed E-state index contributed by atoms with van der Waals surface area (Å²) in [5, 5.41) is 5.49. The van der Waals surface area contributed by atoms with E-state index in [4.69, 9.17) is 4.12 Å². The van der Waals surface area contributed by atoms with E-state index in [0.29, 0.717) is 0 Å². The van der Waals surface area contributed by atoms with Gasteiger partial charge in [-0.25, -0.2) is 0 Å². The summed E-state index contributed by atoms with van der Waals surface area (Å²) < 4.78 is 8.80. The quantitative estimate of drug-likeness (QED) is 0.0518. The van der Waals surface area contributed by atoms with Crippen molar-refractivity contribution in [2.75, 3.05) is 0 Å². The number of rotatable bonds is 24. The van der Waals surface area contributed by atoms with Crippen molar-refractivity contribution in [2.24, 2.45) is 0 Å². The predicted octanol–water partition coefficient (Wildman–Crippen LogP) is 12.4. The Balaban J connectivity index is 1.91. The lowest BCUT2D eigenvalue weighted by Gasteiger charge is -2.55. The van der Waals surface area contributed by atoms with Gasteiger partial charge in [-0.3, -0.25) is 0 Å². The van der Waals surface area contributed by atoms with Gasteiger partial charge < -0.3 is 4.12 Å². The van der Waals surface area contributed by atoms with Gasteiger partial charge in [0.2, 0.25) is 0 Å². The molecule has 0 spiro atoms. The molecule has 0 saturated heterocycles. The van der Waals surface area contributed by atoms with E-state index in [1.54, 1.807) is 0 Å². The maximum atomic E-state index is 8.80. The lowest BCUT2D eigenvalue weighted by atomic mass is 10.0. The van der Waals surface area contributed by atoms with Gasteiger partial charge in [0.05, 0.1) is 0 Å². The molecule has 1 nitrogen and oxygen atoms in total. The number of unbranched alkanes of at least 4 members (excludes halogenated alkanes) is 12. The van der Waals surface area contributed by atoms with Crippen LogP contribution in [0.15, 0.2) is 121 Å². The molecule has 0 aliphatic rings. The SMILES string of the molecule is CCCCCCCCCC(C)(C)[Si](O[Si](c1ccccc1)(c1ccccc1)C(C)(C)CCCCCCCCC)(c1ccccc1)c1ccccc1. The molecule has 0 aliphatic carbocycles. The van der Waals surface area contributed by atoms with Crippen LogP contribution in [0.1, 0.15) is 144 Å². The monoisotopic (exact) mass is 718 g/mol. The summed E-state index contributed by atoms with van der Waals surface area (Å²) in [4.78, 5) is 0. The Morgan fingerprint density at radius 2 is 0.588 bits per heavy atom. The van der Waals surface area contributed by atoms with Crippen LogP contribution in [0.4, 0.5) is 0 Å². The lowest BCUT2D eigenvalue weighted by Crippen LogP contribution is -2.78. The Morgan fingerprint density at radius 3 is 0.843 bits per heavy atom. The second kappa shape index (κ2) is 20.5. The van der Waals surface area contributed by atoms with E-state index < -0.39 is 16.6 Å². The average Bonchev–Trinajstić information content (AvgIpc) is 3.16. The van der Waals surface area contributed by atoms with Crippen molar-refractivity contribution in [3.63, 3.8) is 0 Å². The summed E-state index contributed by atoms with van der Waals surface area (Å²) in [6, 6.07) is 46.0. The van der Waals surface area contributed by atoms with Crippen LogP contribution in [0.5, 0.6) is 0 Å². The molecular weight excluding hydrogens is 649 g/mol. The first-order valence-corrected chi connectivity index (χ1v) is 24.5. The smallest absolute Gasteiger partial charge is 0.251 e. The van der Waals surface area contributed by atoms with Crippen molar-refractivity contribution < 1.29 is 4.12 Å². The Morgan fingerprint density at radius 1 is 0.353 bits per heavy atom. The molecule has 4 aromatic carbocycles. The van der Waals surface area contributed by atoms with Gasteiger partial charge in [0, 0.05) is 0 Å². The molecule has 0 aromatic heterocycles. The van der Waals surface area contributed by atoms with Crippen LogP contribution in [0.3, 0.4) is 0 Å². The molecule has 0 bridgehead atoms. The Kier molecular flexibility index (Phi) is 16.5. The van der Waals surface area contributed by atoms with Gasteiger partial charge >= 0.3 is 0 Å². The van der Waals surface area contributed by atoms with E-state index in [-0.39, 0.29) is 10.1 Å². The molecule has 0 atom stereocenters. The van der Waals surface area contributed by atoms with Crippen LogP contribution in [0.2, 0.25) is 10.1 Å². The van der Waals surface area contributed by atoms with Crippen LogP contribution >= 0.6 is 0 Å². The zero-order valence-corrected chi connectivity index (χ0v) is 35.3. The molecular formula is C48H70OSi2. The third-order valence-electron chi connectivity index (χ3n) is 11.7. The highest BCUT2D eigenvalue weighted by Crippen LogP contribution is 2.49. The second-order valence-corrected chi connectivity index (χ2v) is 25.0. The molecule has 0 amide bonds. The molecule has 4 rings (SSSR count). The molecule has 3 heteroatoms. The largest absolute Gasteiger partial charge is 0.441 e. The van der Waals surface area contributed by atoms with Gasteiger partial charge in [-0.05, 0) is 43.7 Å². The minimum absolute atomic E-state index is 0.0592. The Hall–Kier alpha value is -2.73. The van der Waals surface area contributed by atoms with Crippen molar-refractivity contribution in [3.8, 4) is 0 Å². The number of benzene rings is 4. The molecule has 0 unspecified atom stereocenters. The van der Waals surface area contributed by atoms with Crippen LogP contribution in [0, 0.1) is 0 Å². The van der Waals surface area contributed by atoms with Crippen molar-refractivity contribution in [1.29, 1.82) is 0 Å². The summed E-state index contributed by atoms with van der Waals surface area (Å²) >= 11 is 0. The van der Waals surface area contributed by atoms with Crippen LogP contribution in [-0.4, -0.2) is 16.6 Å². The number of hydrogen-bond acceptors (Lipinski definition) is 1. The standard InChI is InChI=1S/C48H70OSi2/c1-7-9-11-13-15-17-31-41-47(3,4)50(43-33-23-19-24-34-43,44-35-25-20-26-36-44)49-51(45-37-27-21-28-38-45,46-39-29-22-30-40-46)48(5,6)42-32-18-16-14-12-10-8-2/h19-30,33-40H,7-18,31-32,41-42H2,1-6H3. The van der Waals surface area contributed by atoms with Crippen molar-refractivity contribution in [1.82, 2.24) is 0 Å². The van der Waals surface area contributed by atoms with Gasteiger partial charge in [0.1, 0.15) is 0 Å². The summed E-state index contributed by atoms with van der Waals surface area (Å²) in [7, 11) is -5.95. The zero-order valence-electron chi connectivity index (χ0n) is 33.3. The highest BCUT2D eigenvalue weighted by Gasteiger charge is 2.61. The molecule has 0 N–H and O–H groups in total. The fourth-order valence-corrected chi connectivity index (χ4v) is 22.2. The van der Waals surface area contributed by atoms with Crippen molar-refractivity contribution in [3.05, 3.63) is 121 Å². The van der Waals surface area contributed by atoms with E-state index >= 15 is 0 Å². The molecule has 0 saturated carbocycles. The highest BCUT2D eigenvalue weighted by molar-refractivity contribution is 7.11. The first-order valence-electron chi connectivity index (χ1n) is 20.7. The molecule has 0 fully saturated rings. The third kappa shape index (κ3) is 10.2. The normalized spacial score (nSPS) is 12.7. The fourth-order valence-electron chi connectivity index (χ4n) is 8.73. The maximum absolute atomic E-state index is 8.80. The van der Waals surface area contributed by atoms with E-state index in [9.17, 15) is 0 Å². The summed E-state index contributed by atoms with van der Waals surface area (Å²) in [5.41, 5.74) is 0. The molecule has 51 heavy (non-hydrogen) atoms. The fraction of sp³-hybridized carbons (Fsp3) is 0.500. The summed E-state index contributed by atoms with van der Waals surface area (Å²) in [5.74, 6) is 0. The first kappa shape index (κ1) is 41.0. The van der Waals surface area contributed by atoms with Gasteiger partial charge in [-0.1, -0.05) is 253 Å². The molecule has 0 aliphatic heterocycles. The molecule has 276 valence electrons. The minimum Gasteiger partial charge on any atom is -0.441 e. The molecule has 4 aromatic rings. The lowest BCUT2D eigenvalue weighted by molar-refractivity contribution is 0.415. The average molecular weight is 719 g/mol. The van der Waals surface area contributed by atoms with E-state index in [1.165, 1.54) is 111 Å². The predicted molar refractivity (Wildman–Crippen MR) is 230 cm³/mol. The minimum atomic E-state index is -2.97. The van der Waals surface area contributed by atoms with Crippen molar-refractivity contribution in [2.45, 2.75) is 154 Å². The second-order valence-electron chi connectivity index (χ2n) is 16.4. The van der Waals surface area contributed by atoms with Gasteiger partial charge in [0.15, 0.2) is 0 Å². The van der Waals surface area contributed by atoms with Gasteiger partial charge in [-0.2, -0.15) is 0 Å². The van der Waals surface area contributed by atoms with E-state index in [2.05, 4.69) is 163 Å². The zero-order chi connectivity index (χ0) is 36.5. The Labute approximate surface area is 315 Å². The summed E-state index contributed by atoms with van der Waals surface area (Å²) in [6.07, 6.45) is 20.8. The molecule has 0 heterocycles. The summed E-state index contributed by atoms with van der Waals surface area (Å²) in [6.45, 7) is 14.9. The van der Waals surface area contributed by atoms with Gasteiger partial charge in [0.25, 0.3) is 16.6 Å². The first-order chi connectivity index (χ1) is 24.7. The van der Waals surface area contributed by atoms with E-state index in [0.717, 1.165) is 12.8 Å². The maximum Gasteiger partial charge on any atom is 0.251 e. The van der Waals surface area contributed by atoms with E-state index in [1.807, 2.05) is 0 Å². The van der Waals surface area contributed by atoms with Crippen LogP contribution in [-0.2, 0) is 4.12 Å². The highest BCUT2D eigenvalue weighted by atomic mass is 28.4. The third-order valence-corrected chi connectivity index (χ3v) is 23.1. The molecule has 0 radical (unpaired) electrons. The Bertz CT molecular complexity index is 1290. The topological polar surface area (TPSA) is 9.23 Å².